The van der Waals surface area contributed by atoms with Gasteiger partial charge in [0.05, 0.1) is 6.61 Å². The highest BCUT2D eigenvalue weighted by molar-refractivity contribution is 5.38. The van der Waals surface area contributed by atoms with Crippen molar-refractivity contribution in [1.29, 1.82) is 0 Å². The molecule has 0 spiro atoms. The Balaban J connectivity index is 1.81. The van der Waals surface area contributed by atoms with Crippen LogP contribution in [-0.2, 0) is 0 Å². The Hall–Kier alpha value is -1.36. The molecule has 112 valence electrons. The van der Waals surface area contributed by atoms with Gasteiger partial charge in [0.15, 0.2) is 0 Å². The summed E-state index contributed by atoms with van der Waals surface area (Å²) in [6.45, 7) is 8.49. The fourth-order valence-corrected chi connectivity index (χ4v) is 2.53. The van der Waals surface area contributed by atoms with Gasteiger partial charge in [0, 0.05) is 18.7 Å². The first-order valence-corrected chi connectivity index (χ1v) is 7.71. The molecular weight excluding hydrogens is 252 g/mol. The summed E-state index contributed by atoms with van der Waals surface area (Å²) in [5, 5.41) is 3.43. The minimum Gasteiger partial charge on any atom is -0.478 e. The van der Waals surface area contributed by atoms with E-state index >= 15 is 0 Å². The molecule has 1 aromatic rings. The van der Waals surface area contributed by atoms with Crippen LogP contribution in [0.3, 0.4) is 0 Å². The molecule has 0 radical (unpaired) electrons. The van der Waals surface area contributed by atoms with Gasteiger partial charge in [0.2, 0.25) is 5.88 Å². The van der Waals surface area contributed by atoms with E-state index in [9.17, 15) is 0 Å². The normalized spacial score (nSPS) is 17.7. The highest BCUT2D eigenvalue weighted by Gasteiger charge is 2.13. The van der Waals surface area contributed by atoms with E-state index in [1.807, 2.05) is 6.07 Å². The zero-order chi connectivity index (χ0) is 14.2. The number of nitrogens with zero attached hydrogens (tertiary/aromatic N) is 3. The Bertz CT molecular complexity index is 393. The lowest BCUT2D eigenvalue weighted by Gasteiger charge is -2.29. The molecule has 0 saturated carbocycles. The second-order valence-corrected chi connectivity index (χ2v) is 5.50. The summed E-state index contributed by atoms with van der Waals surface area (Å²) in [7, 11) is 0. The highest BCUT2D eigenvalue weighted by Crippen LogP contribution is 2.14. The van der Waals surface area contributed by atoms with Crippen molar-refractivity contribution in [1.82, 2.24) is 14.9 Å². The van der Waals surface area contributed by atoms with Crippen LogP contribution < -0.4 is 10.1 Å². The maximum absolute atomic E-state index is 5.53. The largest absolute Gasteiger partial charge is 0.478 e. The van der Waals surface area contributed by atoms with Crippen LogP contribution in [0.15, 0.2) is 12.4 Å². The number of likely N-dealkylation sites (tertiary alicyclic amines) is 1. The molecule has 1 aliphatic rings. The Morgan fingerprint density at radius 3 is 2.85 bits per heavy atom. The third-order valence-corrected chi connectivity index (χ3v) is 3.47. The van der Waals surface area contributed by atoms with Crippen molar-refractivity contribution in [2.75, 3.05) is 31.6 Å². The number of hydrogen-bond donors (Lipinski definition) is 1. The number of nitrogens with one attached hydrogen (secondary N) is 1. The third-order valence-electron chi connectivity index (χ3n) is 3.47. The Kier molecular flexibility index (Phi) is 6.05. The second-order valence-electron chi connectivity index (χ2n) is 5.50. The van der Waals surface area contributed by atoms with Gasteiger partial charge < -0.3 is 15.0 Å². The molecule has 1 atom stereocenters. The summed E-state index contributed by atoms with van der Waals surface area (Å²) >= 11 is 0. The molecule has 1 aliphatic heterocycles. The van der Waals surface area contributed by atoms with Gasteiger partial charge in [-0.3, -0.25) is 0 Å². The van der Waals surface area contributed by atoms with Gasteiger partial charge in [-0.25, -0.2) is 9.97 Å². The molecule has 1 unspecified atom stereocenters. The van der Waals surface area contributed by atoms with Crippen LogP contribution in [0.25, 0.3) is 0 Å². The smallest absolute Gasteiger partial charge is 0.218 e. The molecule has 0 aliphatic carbocycles. The number of hydrogen-bond acceptors (Lipinski definition) is 5. The predicted molar refractivity (Wildman–Crippen MR) is 81.2 cm³/mol. The monoisotopic (exact) mass is 278 g/mol. The van der Waals surface area contributed by atoms with Crippen molar-refractivity contribution in [3.63, 3.8) is 0 Å². The van der Waals surface area contributed by atoms with Crippen LogP contribution in [0.5, 0.6) is 5.88 Å². The SMILES string of the molecule is CCCOc1cc(NC(C)CN2CCCCC2)ncn1. The zero-order valence-electron chi connectivity index (χ0n) is 12.6. The standard InChI is InChI=1S/C15H26N4O/c1-3-9-20-15-10-14(16-12-17-15)18-13(2)11-19-7-5-4-6-8-19/h10,12-13H,3-9,11H2,1-2H3,(H,16,17,18). The third kappa shape index (κ3) is 4.96. The van der Waals surface area contributed by atoms with Crippen molar-refractivity contribution in [3.8, 4) is 5.88 Å². The molecule has 1 saturated heterocycles. The van der Waals surface area contributed by atoms with Crippen LogP contribution in [-0.4, -0.2) is 47.2 Å². The molecule has 2 rings (SSSR count). The molecule has 0 amide bonds. The van der Waals surface area contributed by atoms with E-state index in [-0.39, 0.29) is 0 Å². The fraction of sp³-hybridized carbons (Fsp3) is 0.733. The highest BCUT2D eigenvalue weighted by atomic mass is 16.5. The van der Waals surface area contributed by atoms with Crippen molar-refractivity contribution in [2.45, 2.75) is 45.6 Å². The molecule has 1 aromatic heterocycles. The summed E-state index contributed by atoms with van der Waals surface area (Å²) in [6.07, 6.45) is 6.58. The summed E-state index contributed by atoms with van der Waals surface area (Å²) in [5.41, 5.74) is 0. The summed E-state index contributed by atoms with van der Waals surface area (Å²) < 4.78 is 5.53. The molecular formula is C15H26N4O. The van der Waals surface area contributed by atoms with Gasteiger partial charge >= 0.3 is 0 Å². The first-order chi connectivity index (χ1) is 9.78. The zero-order valence-corrected chi connectivity index (χ0v) is 12.6. The number of rotatable bonds is 7. The Morgan fingerprint density at radius 2 is 2.10 bits per heavy atom. The number of aromatic nitrogens is 2. The van der Waals surface area contributed by atoms with E-state index < -0.39 is 0 Å². The lowest BCUT2D eigenvalue weighted by atomic mass is 10.1. The van der Waals surface area contributed by atoms with Gasteiger partial charge in [-0.15, -0.1) is 0 Å². The minimum absolute atomic E-state index is 0.377. The van der Waals surface area contributed by atoms with Crippen LogP contribution in [0.1, 0.15) is 39.5 Å². The molecule has 1 fully saturated rings. The first kappa shape index (κ1) is 15.0. The molecule has 1 N–H and O–H groups in total. The molecule has 20 heavy (non-hydrogen) atoms. The number of ether oxygens (including phenoxy) is 1. The Morgan fingerprint density at radius 1 is 1.30 bits per heavy atom. The average molecular weight is 278 g/mol. The lowest BCUT2D eigenvalue weighted by Crippen LogP contribution is -2.38. The maximum Gasteiger partial charge on any atom is 0.218 e. The van der Waals surface area contributed by atoms with Crippen molar-refractivity contribution in [2.24, 2.45) is 0 Å². The van der Waals surface area contributed by atoms with E-state index in [1.54, 1.807) is 6.33 Å². The second kappa shape index (κ2) is 8.04. The van der Waals surface area contributed by atoms with Crippen LogP contribution in [0.2, 0.25) is 0 Å². The fourth-order valence-electron chi connectivity index (χ4n) is 2.53. The number of anilines is 1. The van der Waals surface area contributed by atoms with Crippen LogP contribution in [0, 0.1) is 0 Å². The number of piperidine rings is 1. The Labute approximate surface area is 121 Å². The first-order valence-electron chi connectivity index (χ1n) is 7.71. The lowest BCUT2D eigenvalue weighted by molar-refractivity contribution is 0.223. The van der Waals surface area contributed by atoms with Crippen molar-refractivity contribution in [3.05, 3.63) is 12.4 Å². The predicted octanol–water partition coefficient (Wildman–Crippen LogP) is 2.55. The molecule has 0 bridgehead atoms. The summed E-state index contributed by atoms with van der Waals surface area (Å²) in [4.78, 5) is 10.9. The summed E-state index contributed by atoms with van der Waals surface area (Å²) in [6, 6.07) is 2.25. The van der Waals surface area contributed by atoms with Gasteiger partial charge in [-0.2, -0.15) is 0 Å². The minimum atomic E-state index is 0.377. The van der Waals surface area contributed by atoms with Crippen LogP contribution in [0.4, 0.5) is 5.82 Å². The van der Waals surface area contributed by atoms with E-state index in [1.165, 1.54) is 32.4 Å². The molecule has 0 aromatic carbocycles. The average Bonchev–Trinajstić information content (AvgIpc) is 2.46. The van der Waals surface area contributed by atoms with E-state index in [4.69, 9.17) is 4.74 Å². The molecule has 5 heteroatoms. The van der Waals surface area contributed by atoms with Crippen molar-refractivity contribution >= 4 is 5.82 Å². The van der Waals surface area contributed by atoms with E-state index in [0.717, 1.165) is 18.8 Å². The van der Waals surface area contributed by atoms with Gasteiger partial charge in [0.25, 0.3) is 0 Å². The quantitative estimate of drug-likeness (QED) is 0.830. The van der Waals surface area contributed by atoms with E-state index in [0.29, 0.717) is 18.5 Å². The van der Waals surface area contributed by atoms with Gasteiger partial charge in [-0.1, -0.05) is 13.3 Å². The van der Waals surface area contributed by atoms with E-state index in [2.05, 4.69) is 34.0 Å². The van der Waals surface area contributed by atoms with Crippen molar-refractivity contribution < 1.29 is 4.74 Å². The maximum atomic E-state index is 5.53. The topological polar surface area (TPSA) is 50.3 Å². The molecule has 5 nitrogen and oxygen atoms in total. The molecule has 2 heterocycles. The van der Waals surface area contributed by atoms with Gasteiger partial charge in [0.1, 0.15) is 12.1 Å². The van der Waals surface area contributed by atoms with Gasteiger partial charge in [-0.05, 0) is 39.3 Å². The summed E-state index contributed by atoms with van der Waals surface area (Å²) in [5.74, 6) is 1.49. The van der Waals surface area contributed by atoms with Crippen LogP contribution >= 0.6 is 0 Å².